The Balaban J connectivity index is 1.88. The lowest BCUT2D eigenvalue weighted by molar-refractivity contribution is 0.0845. The van der Waals surface area contributed by atoms with E-state index in [1.165, 1.54) is 24.1 Å². The summed E-state index contributed by atoms with van der Waals surface area (Å²) >= 11 is 1.53. The molecule has 7 heteroatoms. The monoisotopic (exact) mass is 428 g/mol. The number of hydrogen-bond donors (Lipinski definition) is 2. The van der Waals surface area contributed by atoms with E-state index in [2.05, 4.69) is 4.72 Å². The topological polar surface area (TPSA) is 63.6 Å². The maximum Gasteiger partial charge on any atom is 0.221 e. The summed E-state index contributed by atoms with van der Waals surface area (Å²) in [5.41, 5.74) is 2.80. The van der Waals surface area contributed by atoms with Crippen LogP contribution in [0.2, 0.25) is 0 Å². The fourth-order valence-electron chi connectivity index (χ4n) is 3.88. The Morgan fingerprint density at radius 3 is 2.67 bits per heavy atom. The minimum atomic E-state index is -0.275. The number of benzene rings is 2. The molecule has 1 aromatic heterocycles. The Labute approximate surface area is 179 Å². The molecule has 0 radical (unpaired) electrons. The molecule has 0 bridgehead atoms. The minimum Gasteiger partial charge on any atom is -0.508 e. The number of ether oxygens (including phenoxy) is 2. The van der Waals surface area contributed by atoms with Gasteiger partial charge in [-0.25, -0.2) is 9.37 Å². The van der Waals surface area contributed by atoms with E-state index in [1.807, 2.05) is 12.3 Å². The molecule has 2 heterocycles. The lowest BCUT2D eigenvalue weighted by Crippen LogP contribution is -2.18. The van der Waals surface area contributed by atoms with Crippen molar-refractivity contribution in [2.24, 2.45) is 0 Å². The second-order valence-corrected chi connectivity index (χ2v) is 7.94. The summed E-state index contributed by atoms with van der Waals surface area (Å²) in [7, 11) is 0. The average molecular weight is 429 g/mol. The maximum atomic E-state index is 13.6. The number of halogens is 1. The SMILES string of the molecule is CSNCCOc1nc(C2CCOCC2)c(-c2ccc(F)cc2)c2ccc(O)cc12. The van der Waals surface area contributed by atoms with Gasteiger partial charge in [-0.1, -0.05) is 24.1 Å². The predicted molar refractivity (Wildman–Crippen MR) is 119 cm³/mol. The molecular formula is C23H25FN2O3S. The van der Waals surface area contributed by atoms with Gasteiger partial charge in [0.2, 0.25) is 5.88 Å². The van der Waals surface area contributed by atoms with Crippen LogP contribution >= 0.6 is 11.9 Å². The third-order valence-corrected chi connectivity index (χ3v) is 5.80. The second kappa shape index (κ2) is 9.64. The number of aromatic hydroxyl groups is 1. The Morgan fingerprint density at radius 2 is 1.93 bits per heavy atom. The highest BCUT2D eigenvalue weighted by molar-refractivity contribution is 7.96. The van der Waals surface area contributed by atoms with Crippen molar-refractivity contribution in [2.45, 2.75) is 18.8 Å². The van der Waals surface area contributed by atoms with Crippen LogP contribution in [-0.2, 0) is 4.74 Å². The van der Waals surface area contributed by atoms with Crippen LogP contribution in [0.1, 0.15) is 24.5 Å². The summed E-state index contributed by atoms with van der Waals surface area (Å²) in [5, 5.41) is 11.8. The lowest BCUT2D eigenvalue weighted by Gasteiger charge is -2.26. The molecule has 30 heavy (non-hydrogen) atoms. The molecule has 158 valence electrons. The molecule has 0 atom stereocenters. The molecule has 5 nitrogen and oxygen atoms in total. The van der Waals surface area contributed by atoms with Crippen molar-refractivity contribution in [3.63, 3.8) is 0 Å². The zero-order valence-corrected chi connectivity index (χ0v) is 17.7. The Kier molecular flexibility index (Phi) is 6.72. The molecular weight excluding hydrogens is 403 g/mol. The molecule has 0 spiro atoms. The first-order valence-electron chi connectivity index (χ1n) is 10.1. The van der Waals surface area contributed by atoms with Gasteiger partial charge in [-0.05, 0) is 60.4 Å². The van der Waals surface area contributed by atoms with Crippen LogP contribution in [0.4, 0.5) is 4.39 Å². The van der Waals surface area contributed by atoms with Gasteiger partial charge in [-0.2, -0.15) is 0 Å². The van der Waals surface area contributed by atoms with Gasteiger partial charge in [0.05, 0.1) is 5.69 Å². The number of nitrogens with one attached hydrogen (secondary N) is 1. The summed E-state index contributed by atoms with van der Waals surface area (Å²) in [6, 6.07) is 11.7. The number of hydrogen-bond acceptors (Lipinski definition) is 6. The van der Waals surface area contributed by atoms with E-state index in [-0.39, 0.29) is 17.5 Å². The van der Waals surface area contributed by atoms with Crippen LogP contribution in [0, 0.1) is 5.82 Å². The molecule has 1 aliphatic rings. The molecule has 1 fully saturated rings. The van der Waals surface area contributed by atoms with Gasteiger partial charge in [0.25, 0.3) is 0 Å². The summed E-state index contributed by atoms with van der Waals surface area (Å²) in [4.78, 5) is 4.94. The first kappa shape index (κ1) is 20.9. The molecule has 0 unspecified atom stereocenters. The van der Waals surface area contributed by atoms with Crippen molar-refractivity contribution >= 4 is 22.7 Å². The van der Waals surface area contributed by atoms with E-state index < -0.39 is 0 Å². The third-order valence-electron chi connectivity index (χ3n) is 5.31. The van der Waals surface area contributed by atoms with Crippen molar-refractivity contribution in [2.75, 3.05) is 32.6 Å². The van der Waals surface area contributed by atoms with Crippen molar-refractivity contribution < 1.29 is 19.0 Å². The van der Waals surface area contributed by atoms with Crippen LogP contribution in [0.5, 0.6) is 11.6 Å². The highest BCUT2D eigenvalue weighted by atomic mass is 32.2. The molecule has 1 saturated heterocycles. The number of phenolic OH excluding ortho intramolecular Hbond substituents is 1. The normalized spacial score (nSPS) is 14.9. The number of rotatable bonds is 7. The minimum absolute atomic E-state index is 0.153. The van der Waals surface area contributed by atoms with E-state index in [9.17, 15) is 9.50 Å². The highest BCUT2D eigenvalue weighted by Gasteiger charge is 2.25. The Morgan fingerprint density at radius 1 is 1.17 bits per heavy atom. The van der Waals surface area contributed by atoms with Crippen molar-refractivity contribution in [1.82, 2.24) is 9.71 Å². The van der Waals surface area contributed by atoms with Gasteiger partial charge in [0, 0.05) is 36.6 Å². The quantitative estimate of drug-likeness (QED) is 0.413. The molecule has 4 rings (SSSR count). The van der Waals surface area contributed by atoms with Gasteiger partial charge in [0.1, 0.15) is 18.2 Å². The summed E-state index contributed by atoms with van der Waals surface area (Å²) in [6.07, 6.45) is 3.71. The number of phenols is 1. The largest absolute Gasteiger partial charge is 0.508 e. The number of fused-ring (bicyclic) bond motifs is 1. The second-order valence-electron chi connectivity index (χ2n) is 7.25. The average Bonchev–Trinajstić information content (AvgIpc) is 2.77. The molecule has 2 aromatic carbocycles. The maximum absolute atomic E-state index is 13.6. The first-order valence-corrected chi connectivity index (χ1v) is 11.3. The van der Waals surface area contributed by atoms with Crippen LogP contribution in [-0.4, -0.2) is 42.7 Å². The van der Waals surface area contributed by atoms with Gasteiger partial charge < -0.3 is 14.6 Å². The van der Waals surface area contributed by atoms with E-state index in [0.29, 0.717) is 32.2 Å². The fourth-order valence-corrected chi connectivity index (χ4v) is 4.17. The summed E-state index contributed by atoms with van der Waals surface area (Å²) in [5.74, 6) is 0.614. The lowest BCUT2D eigenvalue weighted by atomic mass is 9.87. The number of pyridine rings is 1. The molecule has 0 aliphatic carbocycles. The van der Waals surface area contributed by atoms with E-state index in [4.69, 9.17) is 14.5 Å². The van der Waals surface area contributed by atoms with Crippen molar-refractivity contribution in [1.29, 1.82) is 0 Å². The van der Waals surface area contributed by atoms with Crippen LogP contribution in [0.3, 0.4) is 0 Å². The zero-order chi connectivity index (χ0) is 20.9. The fraction of sp³-hybridized carbons (Fsp3) is 0.348. The van der Waals surface area contributed by atoms with E-state index >= 15 is 0 Å². The van der Waals surface area contributed by atoms with Crippen LogP contribution < -0.4 is 9.46 Å². The molecule has 2 N–H and O–H groups in total. The molecule has 3 aromatic rings. The van der Waals surface area contributed by atoms with Crippen LogP contribution in [0.15, 0.2) is 42.5 Å². The smallest absolute Gasteiger partial charge is 0.221 e. The molecule has 0 saturated carbocycles. The third kappa shape index (κ3) is 4.53. The van der Waals surface area contributed by atoms with Gasteiger partial charge in [-0.15, -0.1) is 0 Å². The van der Waals surface area contributed by atoms with E-state index in [0.717, 1.165) is 40.4 Å². The van der Waals surface area contributed by atoms with Gasteiger partial charge >= 0.3 is 0 Å². The zero-order valence-electron chi connectivity index (χ0n) is 16.9. The first-order chi connectivity index (χ1) is 14.7. The Hall–Kier alpha value is -2.35. The van der Waals surface area contributed by atoms with Crippen molar-refractivity contribution in [3.05, 3.63) is 54.0 Å². The molecule has 0 amide bonds. The van der Waals surface area contributed by atoms with Gasteiger partial charge in [-0.3, -0.25) is 4.72 Å². The van der Waals surface area contributed by atoms with E-state index in [1.54, 1.807) is 24.3 Å². The van der Waals surface area contributed by atoms with Crippen LogP contribution in [0.25, 0.3) is 21.9 Å². The van der Waals surface area contributed by atoms with Crippen molar-refractivity contribution in [3.8, 4) is 22.8 Å². The summed E-state index contributed by atoms with van der Waals surface area (Å²) in [6.45, 7) is 2.52. The standard InChI is InChI=1S/C23H25FN2O3S/c1-30-25-10-13-29-23-20-14-18(27)6-7-19(20)21(15-2-4-17(24)5-3-15)22(26-23)16-8-11-28-12-9-16/h2-7,14,16,25,27H,8-13H2,1H3. The molecule has 1 aliphatic heterocycles. The van der Waals surface area contributed by atoms with Gasteiger partial charge in [0.15, 0.2) is 0 Å². The highest BCUT2D eigenvalue weighted by Crippen LogP contribution is 2.42. The summed E-state index contributed by atoms with van der Waals surface area (Å²) < 4.78 is 28.3. The number of nitrogens with zero attached hydrogens (tertiary/aromatic N) is 1. The Bertz CT molecular complexity index is 1010. The predicted octanol–water partition coefficient (Wildman–Crippen LogP) is 4.89. The number of aromatic nitrogens is 1.